The van der Waals surface area contributed by atoms with Gasteiger partial charge in [0.2, 0.25) is 5.91 Å². The number of rotatable bonds is 6. The van der Waals surface area contributed by atoms with Gasteiger partial charge in [-0.3, -0.25) is 4.79 Å². The molecule has 0 spiro atoms. The van der Waals surface area contributed by atoms with Gasteiger partial charge in [-0.15, -0.1) is 0 Å². The molecule has 1 aromatic rings. The number of thioether (sulfide) groups is 1. The summed E-state index contributed by atoms with van der Waals surface area (Å²) in [6.45, 7) is 1.96. The first kappa shape index (κ1) is 15.5. The fraction of sp³-hybridized carbons (Fsp3) is 0.462. The van der Waals surface area contributed by atoms with Crippen LogP contribution in [-0.2, 0) is 4.79 Å². The van der Waals surface area contributed by atoms with Crippen LogP contribution in [0.25, 0.3) is 0 Å². The second-order valence-corrected chi connectivity index (χ2v) is 6.07. The third-order valence-electron chi connectivity index (χ3n) is 2.68. The lowest BCUT2D eigenvalue weighted by molar-refractivity contribution is -0.123. The molecule has 2 atom stereocenters. The number of amides is 1. The minimum atomic E-state index is -0.424. The van der Waals surface area contributed by atoms with Crippen LogP contribution in [0.3, 0.4) is 0 Å². The third kappa shape index (κ3) is 5.00. The smallest absolute Gasteiger partial charge is 0.237 e. The predicted octanol–water partition coefficient (Wildman–Crippen LogP) is 2.71. The molecule has 100 valence electrons. The highest BCUT2D eigenvalue weighted by Gasteiger charge is 2.16. The van der Waals surface area contributed by atoms with E-state index in [4.69, 9.17) is 5.73 Å². The summed E-state index contributed by atoms with van der Waals surface area (Å²) in [6, 6.07) is 7.45. The molecule has 0 bridgehead atoms. The van der Waals surface area contributed by atoms with Crippen molar-refractivity contribution in [2.75, 3.05) is 12.0 Å². The molecule has 1 amide bonds. The molecule has 0 aliphatic carbocycles. The number of nitrogens with two attached hydrogens (primary N) is 1. The van der Waals surface area contributed by atoms with Crippen molar-refractivity contribution in [3.05, 3.63) is 34.3 Å². The highest BCUT2D eigenvalue weighted by atomic mass is 79.9. The predicted molar refractivity (Wildman–Crippen MR) is 81.7 cm³/mol. The van der Waals surface area contributed by atoms with E-state index in [0.717, 1.165) is 15.8 Å². The molecule has 3 nitrogen and oxygen atoms in total. The molecule has 0 radical (unpaired) electrons. The average Bonchev–Trinajstić information content (AvgIpc) is 2.35. The zero-order valence-electron chi connectivity index (χ0n) is 10.7. The molecule has 0 saturated heterocycles. The van der Waals surface area contributed by atoms with Crippen LogP contribution in [0.5, 0.6) is 0 Å². The SMILES string of the molecule is CSCC[C@@H](N)C(=O)N[C@H](C)c1cccc(Br)c1. The fourth-order valence-electron chi connectivity index (χ4n) is 1.56. The number of nitrogens with one attached hydrogen (secondary N) is 1. The zero-order chi connectivity index (χ0) is 13.5. The second kappa shape index (κ2) is 7.81. The van der Waals surface area contributed by atoms with E-state index in [1.165, 1.54) is 0 Å². The van der Waals surface area contributed by atoms with Gasteiger partial charge in [0.15, 0.2) is 0 Å². The monoisotopic (exact) mass is 330 g/mol. The molecule has 1 aromatic carbocycles. The Labute approximate surface area is 121 Å². The molecule has 1 rings (SSSR count). The van der Waals surface area contributed by atoms with E-state index in [0.29, 0.717) is 6.42 Å². The molecule has 0 heterocycles. The molecular formula is C13H19BrN2OS. The van der Waals surface area contributed by atoms with Crippen molar-refractivity contribution < 1.29 is 4.79 Å². The van der Waals surface area contributed by atoms with Crippen LogP contribution in [0.1, 0.15) is 24.9 Å². The van der Waals surface area contributed by atoms with Crippen LogP contribution in [0.15, 0.2) is 28.7 Å². The van der Waals surface area contributed by atoms with Crippen molar-refractivity contribution in [2.45, 2.75) is 25.4 Å². The maximum Gasteiger partial charge on any atom is 0.237 e. The minimum absolute atomic E-state index is 0.0321. The topological polar surface area (TPSA) is 55.1 Å². The van der Waals surface area contributed by atoms with Gasteiger partial charge < -0.3 is 11.1 Å². The molecule has 0 aromatic heterocycles. The molecule has 5 heteroatoms. The molecule has 0 aliphatic heterocycles. The van der Waals surface area contributed by atoms with Gasteiger partial charge in [0.1, 0.15) is 0 Å². The van der Waals surface area contributed by atoms with Crippen molar-refractivity contribution in [2.24, 2.45) is 5.73 Å². The first-order valence-electron chi connectivity index (χ1n) is 5.85. The Morgan fingerprint density at radius 2 is 2.28 bits per heavy atom. The number of hydrogen-bond donors (Lipinski definition) is 2. The standard InChI is InChI=1S/C13H19BrN2OS/c1-9(10-4-3-5-11(14)8-10)16-13(17)12(15)6-7-18-2/h3-5,8-9,12H,6-7,15H2,1-2H3,(H,16,17)/t9-,12-/m1/s1. The van der Waals surface area contributed by atoms with Gasteiger partial charge >= 0.3 is 0 Å². The summed E-state index contributed by atoms with van der Waals surface area (Å²) in [7, 11) is 0. The molecule has 0 aliphatic rings. The van der Waals surface area contributed by atoms with Crippen molar-refractivity contribution in [1.82, 2.24) is 5.32 Å². The Bertz CT molecular complexity index is 400. The van der Waals surface area contributed by atoms with Gasteiger partial charge in [0.05, 0.1) is 12.1 Å². The third-order valence-corrected chi connectivity index (χ3v) is 3.81. The Morgan fingerprint density at radius 3 is 2.89 bits per heavy atom. The Balaban J connectivity index is 2.54. The van der Waals surface area contributed by atoms with Gasteiger partial charge in [0, 0.05) is 4.47 Å². The van der Waals surface area contributed by atoms with Crippen LogP contribution in [-0.4, -0.2) is 24.0 Å². The summed E-state index contributed by atoms with van der Waals surface area (Å²) >= 11 is 5.12. The molecule has 18 heavy (non-hydrogen) atoms. The van der Waals surface area contributed by atoms with Gasteiger partial charge in [-0.1, -0.05) is 28.1 Å². The first-order chi connectivity index (χ1) is 8.54. The van der Waals surface area contributed by atoms with E-state index in [1.54, 1.807) is 11.8 Å². The van der Waals surface area contributed by atoms with E-state index in [1.807, 2.05) is 37.4 Å². The summed E-state index contributed by atoms with van der Waals surface area (Å²) in [5, 5.41) is 2.94. The largest absolute Gasteiger partial charge is 0.348 e. The van der Waals surface area contributed by atoms with Crippen LogP contribution >= 0.6 is 27.7 Å². The summed E-state index contributed by atoms with van der Waals surface area (Å²) < 4.78 is 1.01. The quantitative estimate of drug-likeness (QED) is 0.843. The molecule has 0 fully saturated rings. The normalized spacial score (nSPS) is 14.0. The minimum Gasteiger partial charge on any atom is -0.348 e. The highest BCUT2D eigenvalue weighted by Crippen LogP contribution is 2.17. The Morgan fingerprint density at radius 1 is 1.56 bits per heavy atom. The second-order valence-electron chi connectivity index (χ2n) is 4.17. The van der Waals surface area contributed by atoms with Gasteiger partial charge in [0.25, 0.3) is 0 Å². The molecule has 3 N–H and O–H groups in total. The van der Waals surface area contributed by atoms with Crippen molar-refractivity contribution >= 4 is 33.6 Å². The summed E-state index contributed by atoms with van der Waals surface area (Å²) in [4.78, 5) is 11.9. The highest BCUT2D eigenvalue weighted by molar-refractivity contribution is 9.10. The number of hydrogen-bond acceptors (Lipinski definition) is 3. The number of carbonyl (C=O) groups excluding carboxylic acids is 1. The summed E-state index contributed by atoms with van der Waals surface area (Å²) in [5.74, 6) is 0.816. The van der Waals surface area contributed by atoms with Crippen molar-refractivity contribution in [1.29, 1.82) is 0 Å². The maximum atomic E-state index is 11.9. The van der Waals surface area contributed by atoms with E-state index in [-0.39, 0.29) is 11.9 Å². The van der Waals surface area contributed by atoms with Crippen molar-refractivity contribution in [3.63, 3.8) is 0 Å². The van der Waals surface area contributed by atoms with Crippen LogP contribution in [0.2, 0.25) is 0 Å². The maximum absolute atomic E-state index is 11.9. The van der Waals surface area contributed by atoms with Crippen LogP contribution < -0.4 is 11.1 Å². The molecule has 0 saturated carbocycles. The fourth-order valence-corrected chi connectivity index (χ4v) is 2.46. The lowest BCUT2D eigenvalue weighted by atomic mass is 10.1. The van der Waals surface area contributed by atoms with E-state index >= 15 is 0 Å². The number of carbonyl (C=O) groups is 1. The Hall–Kier alpha value is -0.520. The molecular weight excluding hydrogens is 312 g/mol. The van der Waals surface area contributed by atoms with Gasteiger partial charge in [-0.2, -0.15) is 11.8 Å². The van der Waals surface area contributed by atoms with Gasteiger partial charge in [-0.05, 0) is 43.0 Å². The summed E-state index contributed by atoms with van der Waals surface area (Å²) in [5.41, 5.74) is 6.89. The van der Waals surface area contributed by atoms with Crippen molar-refractivity contribution in [3.8, 4) is 0 Å². The summed E-state index contributed by atoms with van der Waals surface area (Å²) in [6.07, 6.45) is 2.72. The van der Waals surface area contributed by atoms with E-state index in [9.17, 15) is 4.79 Å². The Kier molecular flexibility index (Phi) is 6.75. The lowest BCUT2D eigenvalue weighted by Crippen LogP contribution is -2.41. The average molecular weight is 331 g/mol. The van der Waals surface area contributed by atoms with Gasteiger partial charge in [-0.25, -0.2) is 0 Å². The molecule has 0 unspecified atom stereocenters. The van der Waals surface area contributed by atoms with Crippen LogP contribution in [0, 0.1) is 0 Å². The zero-order valence-corrected chi connectivity index (χ0v) is 13.1. The van der Waals surface area contributed by atoms with E-state index < -0.39 is 6.04 Å². The van der Waals surface area contributed by atoms with E-state index in [2.05, 4.69) is 21.2 Å². The number of halogens is 1. The number of benzene rings is 1. The lowest BCUT2D eigenvalue weighted by Gasteiger charge is -2.18. The first-order valence-corrected chi connectivity index (χ1v) is 8.03. The van der Waals surface area contributed by atoms with Crippen LogP contribution in [0.4, 0.5) is 0 Å².